The van der Waals surface area contributed by atoms with E-state index >= 15 is 0 Å². The summed E-state index contributed by atoms with van der Waals surface area (Å²) in [6, 6.07) is 6.63. The summed E-state index contributed by atoms with van der Waals surface area (Å²) in [5.41, 5.74) is 9.60. The maximum absolute atomic E-state index is 5.44. The third-order valence-corrected chi connectivity index (χ3v) is 2.24. The molecule has 0 saturated heterocycles. The van der Waals surface area contributed by atoms with Gasteiger partial charge in [-0.05, 0) is 49.9 Å². The van der Waals surface area contributed by atoms with E-state index in [1.165, 1.54) is 16.7 Å². The lowest BCUT2D eigenvalue weighted by Crippen LogP contribution is -2.00. The highest BCUT2D eigenvalue weighted by molar-refractivity contribution is 5.85. The van der Waals surface area contributed by atoms with E-state index in [1.807, 2.05) is 0 Å². The number of hydrogen-bond donors (Lipinski definition) is 1. The zero-order valence-electron chi connectivity index (χ0n) is 8.34. The van der Waals surface area contributed by atoms with Gasteiger partial charge in [-0.2, -0.15) is 0 Å². The average molecular weight is 200 g/mol. The molecule has 0 radical (unpaired) electrons. The summed E-state index contributed by atoms with van der Waals surface area (Å²) in [6.07, 6.45) is 2.19. The van der Waals surface area contributed by atoms with Gasteiger partial charge in [0.15, 0.2) is 0 Å². The van der Waals surface area contributed by atoms with Gasteiger partial charge in [0.25, 0.3) is 0 Å². The van der Waals surface area contributed by atoms with Crippen LogP contribution in [-0.4, -0.2) is 6.54 Å². The second-order valence-electron chi connectivity index (χ2n) is 3.31. The lowest BCUT2D eigenvalue weighted by molar-refractivity contribution is 0.831. The monoisotopic (exact) mass is 199 g/mol. The summed E-state index contributed by atoms with van der Waals surface area (Å²) in [5, 5.41) is 0. The van der Waals surface area contributed by atoms with Crippen LogP contribution in [0.25, 0.3) is 0 Å². The minimum Gasteiger partial charge on any atom is -0.330 e. The smallest absolute Gasteiger partial charge is 0.00741 e. The molecule has 2 heteroatoms. The fourth-order valence-electron chi connectivity index (χ4n) is 1.27. The fourth-order valence-corrected chi connectivity index (χ4v) is 1.27. The Hall–Kier alpha value is -0.530. The Morgan fingerprint density at radius 3 is 2.38 bits per heavy atom. The highest BCUT2D eigenvalue weighted by Crippen LogP contribution is 2.10. The van der Waals surface area contributed by atoms with E-state index in [0.29, 0.717) is 0 Å². The molecule has 0 atom stereocenters. The molecule has 0 aliphatic rings. The molecule has 0 amide bonds. The van der Waals surface area contributed by atoms with Crippen LogP contribution in [0.3, 0.4) is 0 Å². The van der Waals surface area contributed by atoms with Gasteiger partial charge in [-0.3, -0.25) is 0 Å². The predicted octanol–water partition coefficient (Wildman–Crippen LogP) is 2.62. The van der Waals surface area contributed by atoms with Crippen molar-refractivity contribution in [3.63, 3.8) is 0 Å². The van der Waals surface area contributed by atoms with Crippen molar-refractivity contribution in [2.45, 2.75) is 26.7 Å². The van der Waals surface area contributed by atoms with Crippen molar-refractivity contribution in [1.82, 2.24) is 0 Å². The molecule has 0 bridgehead atoms. The molecule has 0 saturated carbocycles. The second-order valence-corrected chi connectivity index (χ2v) is 3.31. The van der Waals surface area contributed by atoms with Gasteiger partial charge in [-0.25, -0.2) is 0 Å². The van der Waals surface area contributed by atoms with Crippen LogP contribution < -0.4 is 5.73 Å². The van der Waals surface area contributed by atoms with Gasteiger partial charge in [-0.1, -0.05) is 18.2 Å². The van der Waals surface area contributed by atoms with Crippen molar-refractivity contribution in [3.05, 3.63) is 34.9 Å². The Kier molecular flexibility index (Phi) is 5.76. The third-order valence-electron chi connectivity index (χ3n) is 2.24. The van der Waals surface area contributed by atoms with Gasteiger partial charge >= 0.3 is 0 Å². The van der Waals surface area contributed by atoms with Crippen LogP contribution in [0.2, 0.25) is 0 Å². The molecule has 0 unspecified atom stereocenters. The molecule has 2 N–H and O–H groups in total. The molecular formula is C11H18ClN. The molecular weight excluding hydrogens is 182 g/mol. The molecule has 0 heterocycles. The summed E-state index contributed by atoms with van der Waals surface area (Å²) < 4.78 is 0. The first-order valence-electron chi connectivity index (χ1n) is 4.50. The van der Waals surface area contributed by atoms with Crippen molar-refractivity contribution in [2.24, 2.45) is 5.73 Å². The van der Waals surface area contributed by atoms with Crippen molar-refractivity contribution in [1.29, 1.82) is 0 Å². The summed E-state index contributed by atoms with van der Waals surface area (Å²) in [4.78, 5) is 0. The van der Waals surface area contributed by atoms with Crippen LogP contribution in [0.5, 0.6) is 0 Å². The average Bonchev–Trinajstić information content (AvgIpc) is 2.07. The number of aryl methyl sites for hydroxylation is 3. The van der Waals surface area contributed by atoms with Gasteiger partial charge in [0.2, 0.25) is 0 Å². The van der Waals surface area contributed by atoms with Crippen LogP contribution in [0.4, 0.5) is 0 Å². The lowest BCUT2D eigenvalue weighted by Gasteiger charge is -2.03. The van der Waals surface area contributed by atoms with Crippen molar-refractivity contribution < 1.29 is 0 Å². The molecule has 74 valence electrons. The number of rotatable bonds is 3. The summed E-state index contributed by atoms with van der Waals surface area (Å²) in [7, 11) is 0. The Labute approximate surface area is 86.7 Å². The zero-order valence-corrected chi connectivity index (χ0v) is 9.16. The van der Waals surface area contributed by atoms with Crippen LogP contribution in [-0.2, 0) is 6.42 Å². The molecule has 1 aromatic rings. The quantitative estimate of drug-likeness (QED) is 0.796. The van der Waals surface area contributed by atoms with Gasteiger partial charge in [-0.15, -0.1) is 12.4 Å². The first kappa shape index (κ1) is 12.5. The Morgan fingerprint density at radius 1 is 1.15 bits per heavy atom. The van der Waals surface area contributed by atoms with Crippen LogP contribution in [0, 0.1) is 13.8 Å². The first-order valence-corrected chi connectivity index (χ1v) is 4.50. The molecule has 0 aromatic heterocycles. The van der Waals surface area contributed by atoms with E-state index in [2.05, 4.69) is 32.0 Å². The van der Waals surface area contributed by atoms with Gasteiger partial charge in [0, 0.05) is 0 Å². The lowest BCUT2D eigenvalue weighted by atomic mass is 10.0. The zero-order chi connectivity index (χ0) is 8.97. The third kappa shape index (κ3) is 3.79. The number of hydrogen-bond acceptors (Lipinski definition) is 1. The van der Waals surface area contributed by atoms with Crippen LogP contribution in [0.15, 0.2) is 18.2 Å². The number of halogens is 1. The second kappa shape index (κ2) is 6.01. The van der Waals surface area contributed by atoms with E-state index < -0.39 is 0 Å². The molecule has 1 nitrogen and oxygen atoms in total. The van der Waals surface area contributed by atoms with E-state index in [1.54, 1.807) is 0 Å². The highest BCUT2D eigenvalue weighted by atomic mass is 35.5. The van der Waals surface area contributed by atoms with E-state index in [4.69, 9.17) is 5.73 Å². The van der Waals surface area contributed by atoms with Gasteiger partial charge in [0.05, 0.1) is 0 Å². The maximum Gasteiger partial charge on any atom is -0.00741 e. The molecule has 0 aliphatic heterocycles. The Balaban J connectivity index is 0.00000144. The maximum atomic E-state index is 5.44. The van der Waals surface area contributed by atoms with Crippen molar-refractivity contribution >= 4 is 12.4 Å². The normalized spacial score (nSPS) is 9.46. The van der Waals surface area contributed by atoms with Gasteiger partial charge < -0.3 is 5.73 Å². The standard InChI is InChI=1S/C11H17N.ClH/c1-9-5-6-11(4-3-7-12)8-10(9)2;/h5-6,8H,3-4,7,12H2,1-2H3;1H. The van der Waals surface area contributed by atoms with Crippen molar-refractivity contribution in [2.75, 3.05) is 6.54 Å². The molecule has 13 heavy (non-hydrogen) atoms. The molecule has 0 spiro atoms. The van der Waals surface area contributed by atoms with Crippen LogP contribution >= 0.6 is 12.4 Å². The molecule has 1 rings (SSSR count). The SMILES string of the molecule is Cc1ccc(CCCN)cc1C.Cl. The number of benzene rings is 1. The molecule has 0 aliphatic carbocycles. The Bertz CT molecular complexity index is 258. The van der Waals surface area contributed by atoms with E-state index in [0.717, 1.165) is 19.4 Å². The number of nitrogens with two attached hydrogens (primary N) is 1. The predicted molar refractivity (Wildman–Crippen MR) is 60.5 cm³/mol. The summed E-state index contributed by atoms with van der Waals surface area (Å²) >= 11 is 0. The fraction of sp³-hybridized carbons (Fsp3) is 0.455. The summed E-state index contributed by atoms with van der Waals surface area (Å²) in [5.74, 6) is 0. The minimum atomic E-state index is 0. The summed E-state index contributed by atoms with van der Waals surface area (Å²) in [6.45, 7) is 5.08. The van der Waals surface area contributed by atoms with E-state index in [-0.39, 0.29) is 12.4 Å². The van der Waals surface area contributed by atoms with Crippen LogP contribution in [0.1, 0.15) is 23.1 Å². The molecule has 0 fully saturated rings. The van der Waals surface area contributed by atoms with Gasteiger partial charge in [0.1, 0.15) is 0 Å². The Morgan fingerprint density at radius 2 is 1.85 bits per heavy atom. The largest absolute Gasteiger partial charge is 0.330 e. The first-order chi connectivity index (χ1) is 5.74. The topological polar surface area (TPSA) is 26.0 Å². The van der Waals surface area contributed by atoms with E-state index in [9.17, 15) is 0 Å². The highest BCUT2D eigenvalue weighted by Gasteiger charge is 1.95. The minimum absolute atomic E-state index is 0. The van der Waals surface area contributed by atoms with Crippen molar-refractivity contribution in [3.8, 4) is 0 Å². The molecule has 1 aromatic carbocycles.